The maximum absolute atomic E-state index is 12.7. The lowest BCUT2D eigenvalue weighted by molar-refractivity contribution is 0.0514. The molecule has 0 fully saturated rings. The van der Waals surface area contributed by atoms with Gasteiger partial charge in [-0.25, -0.2) is 9.59 Å². The van der Waals surface area contributed by atoms with Crippen molar-refractivity contribution in [1.29, 1.82) is 0 Å². The predicted octanol–water partition coefficient (Wildman–Crippen LogP) is 7.29. The number of carbonyl (C=O) groups excluding carboxylic acids is 2. The van der Waals surface area contributed by atoms with Crippen LogP contribution >= 0.6 is 11.3 Å². The number of ether oxygens (including phenoxy) is 4. The number of hydrogen-bond donors (Lipinski definition) is 0. The highest BCUT2D eigenvalue weighted by Crippen LogP contribution is 2.44. The molecule has 0 bridgehead atoms. The van der Waals surface area contributed by atoms with E-state index < -0.39 is 11.9 Å². The monoisotopic (exact) mass is 484 g/mol. The summed E-state index contributed by atoms with van der Waals surface area (Å²) in [6.07, 6.45) is 8.58. The van der Waals surface area contributed by atoms with Gasteiger partial charge in [0.1, 0.15) is 0 Å². The molecule has 33 heavy (non-hydrogen) atoms. The summed E-state index contributed by atoms with van der Waals surface area (Å²) in [6, 6.07) is 0. The van der Waals surface area contributed by atoms with Crippen molar-refractivity contribution in [1.82, 2.24) is 0 Å². The molecule has 0 aliphatic heterocycles. The number of esters is 2. The molecule has 6 nitrogen and oxygen atoms in total. The Kier molecular flexibility index (Phi) is 14.9. The van der Waals surface area contributed by atoms with Crippen LogP contribution in [0.25, 0.3) is 0 Å². The quantitative estimate of drug-likeness (QED) is 0.204. The summed E-state index contributed by atoms with van der Waals surface area (Å²) < 4.78 is 23.0. The van der Waals surface area contributed by atoms with E-state index in [0.29, 0.717) is 36.5 Å². The van der Waals surface area contributed by atoms with Crippen LogP contribution < -0.4 is 9.47 Å². The molecule has 1 aromatic rings. The van der Waals surface area contributed by atoms with Crippen LogP contribution in [-0.4, -0.2) is 38.4 Å². The molecular weight excluding hydrogens is 440 g/mol. The van der Waals surface area contributed by atoms with Crippen LogP contribution in [0.15, 0.2) is 0 Å². The van der Waals surface area contributed by atoms with Crippen molar-refractivity contribution in [2.24, 2.45) is 11.8 Å². The summed E-state index contributed by atoms with van der Waals surface area (Å²) in [5.74, 6) is 0.372. The lowest BCUT2D eigenvalue weighted by Gasteiger charge is -2.19. The minimum absolute atomic E-state index is 0.240. The van der Waals surface area contributed by atoms with Crippen LogP contribution in [0, 0.1) is 11.8 Å². The van der Waals surface area contributed by atoms with E-state index in [1.165, 1.54) is 0 Å². The molecule has 1 rings (SSSR count). The van der Waals surface area contributed by atoms with Gasteiger partial charge in [-0.2, -0.15) is 0 Å². The third-order valence-electron chi connectivity index (χ3n) is 5.76. The van der Waals surface area contributed by atoms with Crippen LogP contribution in [0.3, 0.4) is 0 Å². The van der Waals surface area contributed by atoms with E-state index in [1.807, 2.05) is 0 Å². The summed E-state index contributed by atoms with van der Waals surface area (Å²) in [4.78, 5) is 26.0. The zero-order valence-corrected chi connectivity index (χ0v) is 22.3. The van der Waals surface area contributed by atoms with Crippen molar-refractivity contribution < 1.29 is 28.5 Å². The maximum atomic E-state index is 12.7. The van der Waals surface area contributed by atoms with Crippen molar-refractivity contribution in [3.05, 3.63) is 9.75 Å². The van der Waals surface area contributed by atoms with E-state index in [1.54, 1.807) is 13.8 Å². The van der Waals surface area contributed by atoms with Crippen molar-refractivity contribution in [3.8, 4) is 11.5 Å². The number of carbonyl (C=O) groups is 2. The fourth-order valence-corrected chi connectivity index (χ4v) is 4.50. The second-order valence-electron chi connectivity index (χ2n) is 8.31. The van der Waals surface area contributed by atoms with Crippen molar-refractivity contribution >= 4 is 23.3 Å². The van der Waals surface area contributed by atoms with Gasteiger partial charge in [0.25, 0.3) is 0 Å². The Hall–Kier alpha value is -1.76. The van der Waals surface area contributed by atoms with Gasteiger partial charge < -0.3 is 18.9 Å². The molecule has 0 aliphatic carbocycles. The first kappa shape index (κ1) is 29.3. The minimum atomic E-state index is -0.502. The van der Waals surface area contributed by atoms with Crippen LogP contribution in [0.1, 0.15) is 112 Å². The fourth-order valence-electron chi connectivity index (χ4n) is 3.52. The molecule has 0 aliphatic rings. The van der Waals surface area contributed by atoms with Gasteiger partial charge in [-0.3, -0.25) is 0 Å². The Labute approximate surface area is 204 Å². The zero-order valence-electron chi connectivity index (χ0n) is 21.5. The highest BCUT2D eigenvalue weighted by Gasteiger charge is 2.32. The largest absolute Gasteiger partial charge is 0.488 e. The molecule has 1 heterocycles. The second-order valence-corrected chi connectivity index (χ2v) is 9.34. The Bertz CT molecular complexity index is 643. The molecule has 0 spiro atoms. The average Bonchev–Trinajstić information content (AvgIpc) is 3.18. The fraction of sp³-hybridized carbons (Fsp3) is 0.769. The number of hydrogen-bond acceptors (Lipinski definition) is 7. The lowest BCUT2D eigenvalue weighted by Crippen LogP contribution is -2.16. The van der Waals surface area contributed by atoms with Crippen molar-refractivity contribution in [2.45, 2.75) is 92.9 Å². The molecule has 0 aromatic carbocycles. The Balaban J connectivity index is 3.31. The Morgan fingerprint density at radius 3 is 1.39 bits per heavy atom. The smallest absolute Gasteiger partial charge is 0.352 e. The molecule has 190 valence electrons. The first-order valence-corrected chi connectivity index (χ1v) is 13.5. The van der Waals surface area contributed by atoms with E-state index in [9.17, 15) is 9.59 Å². The number of unbranched alkanes of at least 4 members (excludes halogenated alkanes) is 2. The topological polar surface area (TPSA) is 71.1 Å². The molecule has 1 aromatic heterocycles. The lowest BCUT2D eigenvalue weighted by atomic mass is 10.0. The molecule has 0 N–H and O–H groups in total. The van der Waals surface area contributed by atoms with Gasteiger partial charge in [0, 0.05) is 0 Å². The van der Waals surface area contributed by atoms with Gasteiger partial charge in [-0.15, -0.1) is 11.3 Å². The van der Waals surface area contributed by atoms with Gasteiger partial charge in [-0.05, 0) is 38.5 Å². The first-order chi connectivity index (χ1) is 16.0. The molecule has 0 saturated carbocycles. The summed E-state index contributed by atoms with van der Waals surface area (Å²) in [5.41, 5.74) is 0. The van der Waals surface area contributed by atoms with E-state index in [-0.39, 0.29) is 23.0 Å². The average molecular weight is 485 g/mol. The minimum Gasteiger partial charge on any atom is -0.488 e. The van der Waals surface area contributed by atoms with Gasteiger partial charge in [-0.1, -0.05) is 66.2 Å². The van der Waals surface area contributed by atoms with E-state index in [0.717, 1.165) is 62.7 Å². The maximum Gasteiger partial charge on any atom is 0.352 e. The molecule has 2 unspecified atom stereocenters. The van der Waals surface area contributed by atoms with Crippen LogP contribution in [0.4, 0.5) is 0 Å². The van der Waals surface area contributed by atoms with Gasteiger partial charge in [0.05, 0.1) is 26.4 Å². The summed E-state index contributed by atoms with van der Waals surface area (Å²) in [5, 5.41) is 0. The summed E-state index contributed by atoms with van der Waals surface area (Å²) in [6.45, 7) is 13.6. The highest BCUT2D eigenvalue weighted by molar-refractivity contribution is 7.16. The van der Waals surface area contributed by atoms with E-state index in [2.05, 4.69) is 27.7 Å². The van der Waals surface area contributed by atoms with Crippen LogP contribution in [-0.2, 0) is 9.47 Å². The molecule has 7 heteroatoms. The van der Waals surface area contributed by atoms with Crippen molar-refractivity contribution in [3.63, 3.8) is 0 Å². The predicted molar refractivity (Wildman–Crippen MR) is 134 cm³/mol. The first-order valence-electron chi connectivity index (χ1n) is 12.7. The number of thiophene rings is 1. The summed E-state index contributed by atoms with van der Waals surface area (Å²) >= 11 is 1.04. The third-order valence-corrected chi connectivity index (χ3v) is 6.87. The normalized spacial score (nSPS) is 12.8. The van der Waals surface area contributed by atoms with Gasteiger partial charge in [0.15, 0.2) is 21.3 Å². The van der Waals surface area contributed by atoms with Gasteiger partial charge in [0.2, 0.25) is 0 Å². The van der Waals surface area contributed by atoms with Crippen LogP contribution in [0.2, 0.25) is 0 Å². The molecule has 0 radical (unpaired) electrons. The standard InChI is InChI=1S/C26H44O6S/c1-7-13-15-19(9-3)17-31-21-22(32-18-20(10-4)16-14-8-2)24(26(28)30-12-6)33-23(21)25(27)29-11-5/h19-20H,7-18H2,1-6H3. The second kappa shape index (κ2) is 16.8. The Morgan fingerprint density at radius 2 is 1.09 bits per heavy atom. The molecule has 0 amide bonds. The highest BCUT2D eigenvalue weighted by atomic mass is 32.1. The SMILES string of the molecule is CCCCC(CC)COc1c(C(=O)OCC)sc(C(=O)OCC)c1OCC(CC)CCCC. The molecule has 0 saturated heterocycles. The van der Waals surface area contributed by atoms with E-state index in [4.69, 9.17) is 18.9 Å². The van der Waals surface area contributed by atoms with Crippen LogP contribution in [0.5, 0.6) is 11.5 Å². The third kappa shape index (κ3) is 9.55. The zero-order chi connectivity index (χ0) is 24.6. The van der Waals surface area contributed by atoms with E-state index >= 15 is 0 Å². The van der Waals surface area contributed by atoms with Gasteiger partial charge >= 0.3 is 11.9 Å². The number of rotatable bonds is 18. The van der Waals surface area contributed by atoms with Crippen molar-refractivity contribution in [2.75, 3.05) is 26.4 Å². The molecule has 2 atom stereocenters. The Morgan fingerprint density at radius 1 is 0.697 bits per heavy atom. The summed E-state index contributed by atoms with van der Waals surface area (Å²) in [7, 11) is 0. The molecular formula is C26H44O6S.